The lowest BCUT2D eigenvalue weighted by atomic mass is 10.1. The molecule has 70 valence electrons. The highest BCUT2D eigenvalue weighted by molar-refractivity contribution is 7.03. The van der Waals surface area contributed by atoms with Crippen molar-refractivity contribution in [1.29, 1.82) is 0 Å². The van der Waals surface area contributed by atoms with Gasteiger partial charge in [0.05, 0.1) is 0 Å². The second-order valence-electron chi connectivity index (χ2n) is 3.08. The van der Waals surface area contributed by atoms with E-state index in [4.69, 9.17) is 0 Å². The van der Waals surface area contributed by atoms with Crippen molar-refractivity contribution in [2.45, 2.75) is 6.92 Å². The molecule has 0 aliphatic heterocycles. The number of aryl methyl sites for hydroxylation is 1. The Balaban J connectivity index is 2.33. The zero-order chi connectivity index (χ0) is 9.97. The topological polar surface area (TPSA) is 30.0 Å². The fourth-order valence-electron chi connectivity index (χ4n) is 1.18. The lowest BCUT2D eigenvalue weighted by Crippen LogP contribution is -2.00. The molecule has 0 aliphatic rings. The number of carbonyl (C=O) groups excluding carboxylic acids is 1. The van der Waals surface area contributed by atoms with Crippen LogP contribution in [0.1, 0.15) is 21.6 Å². The van der Waals surface area contributed by atoms with Crippen LogP contribution in [-0.2, 0) is 0 Å². The first-order valence-corrected chi connectivity index (χ1v) is 5.13. The average Bonchev–Trinajstić information content (AvgIpc) is 2.71. The van der Waals surface area contributed by atoms with Gasteiger partial charge in [0.1, 0.15) is 5.69 Å². The molecule has 0 aliphatic carbocycles. The molecule has 0 saturated heterocycles. The summed E-state index contributed by atoms with van der Waals surface area (Å²) in [6.07, 6.45) is 0. The van der Waals surface area contributed by atoms with Crippen molar-refractivity contribution in [3.8, 4) is 0 Å². The third kappa shape index (κ3) is 1.72. The molecule has 0 saturated carbocycles. The Morgan fingerprint density at radius 3 is 2.50 bits per heavy atom. The zero-order valence-electron chi connectivity index (χ0n) is 7.73. The summed E-state index contributed by atoms with van der Waals surface area (Å²) >= 11 is 1.29. The third-order valence-electron chi connectivity index (χ3n) is 1.98. The Morgan fingerprint density at radius 1 is 1.21 bits per heavy atom. The van der Waals surface area contributed by atoms with Crippen LogP contribution in [0.5, 0.6) is 0 Å². The molecule has 0 unspecified atom stereocenters. The third-order valence-corrected chi connectivity index (χ3v) is 2.54. The van der Waals surface area contributed by atoms with Gasteiger partial charge in [-0.25, -0.2) is 0 Å². The molecule has 2 nitrogen and oxygen atoms in total. The minimum Gasteiger partial charge on any atom is -0.287 e. The van der Waals surface area contributed by atoms with Crippen molar-refractivity contribution in [3.05, 3.63) is 52.5 Å². The number of aromatic nitrogens is 1. The van der Waals surface area contributed by atoms with Crippen molar-refractivity contribution in [1.82, 2.24) is 4.37 Å². The monoisotopic (exact) mass is 203 g/mol. The first-order valence-electron chi connectivity index (χ1n) is 4.29. The predicted octanol–water partition coefficient (Wildman–Crippen LogP) is 2.68. The number of hydrogen-bond acceptors (Lipinski definition) is 3. The maximum atomic E-state index is 11.8. The summed E-state index contributed by atoms with van der Waals surface area (Å²) in [5.74, 6) is -0.00810. The molecule has 2 aromatic rings. The summed E-state index contributed by atoms with van der Waals surface area (Å²) in [6, 6.07) is 9.26. The van der Waals surface area contributed by atoms with E-state index in [9.17, 15) is 4.79 Å². The van der Waals surface area contributed by atoms with E-state index >= 15 is 0 Å². The SMILES string of the molecule is Cc1ccc(C(=O)c2ccsn2)cc1. The van der Waals surface area contributed by atoms with Crippen LogP contribution in [0.15, 0.2) is 35.7 Å². The fraction of sp³-hybridized carbons (Fsp3) is 0.0909. The van der Waals surface area contributed by atoms with Gasteiger partial charge in [-0.3, -0.25) is 4.79 Å². The highest BCUT2D eigenvalue weighted by Gasteiger charge is 2.09. The molecule has 0 fully saturated rings. The molecule has 1 heterocycles. The Morgan fingerprint density at radius 2 is 1.93 bits per heavy atom. The molecule has 3 heteroatoms. The van der Waals surface area contributed by atoms with Crippen molar-refractivity contribution in [2.24, 2.45) is 0 Å². The molecule has 0 radical (unpaired) electrons. The Kier molecular flexibility index (Phi) is 2.41. The van der Waals surface area contributed by atoms with Gasteiger partial charge < -0.3 is 0 Å². The van der Waals surface area contributed by atoms with Crippen LogP contribution in [0.3, 0.4) is 0 Å². The van der Waals surface area contributed by atoms with Gasteiger partial charge in [0.15, 0.2) is 0 Å². The molecular formula is C11H9NOS. The van der Waals surface area contributed by atoms with Gasteiger partial charge in [-0.1, -0.05) is 29.8 Å². The molecular weight excluding hydrogens is 194 g/mol. The zero-order valence-corrected chi connectivity index (χ0v) is 8.54. The van der Waals surface area contributed by atoms with E-state index in [1.165, 1.54) is 11.5 Å². The first-order chi connectivity index (χ1) is 6.77. The Labute approximate surface area is 86.4 Å². The smallest absolute Gasteiger partial charge is 0.212 e. The maximum absolute atomic E-state index is 11.8. The van der Waals surface area contributed by atoms with Gasteiger partial charge in [0.25, 0.3) is 0 Å². The van der Waals surface area contributed by atoms with Crippen LogP contribution in [0.4, 0.5) is 0 Å². The minimum absolute atomic E-state index is 0.00810. The number of nitrogens with zero attached hydrogens (tertiary/aromatic N) is 1. The van der Waals surface area contributed by atoms with Crippen molar-refractivity contribution in [2.75, 3.05) is 0 Å². The van der Waals surface area contributed by atoms with Gasteiger partial charge in [0.2, 0.25) is 5.78 Å². The molecule has 1 aromatic heterocycles. The molecule has 1 aromatic carbocycles. The molecule has 2 rings (SSSR count). The van der Waals surface area contributed by atoms with E-state index < -0.39 is 0 Å². The molecule has 0 bridgehead atoms. The quantitative estimate of drug-likeness (QED) is 0.702. The van der Waals surface area contributed by atoms with Gasteiger partial charge in [0, 0.05) is 10.9 Å². The van der Waals surface area contributed by atoms with Crippen LogP contribution in [0, 0.1) is 6.92 Å². The summed E-state index contributed by atoms with van der Waals surface area (Å²) < 4.78 is 4.01. The van der Waals surface area contributed by atoms with E-state index in [2.05, 4.69) is 4.37 Å². The lowest BCUT2D eigenvalue weighted by Gasteiger charge is -1.97. The van der Waals surface area contributed by atoms with E-state index in [0.717, 1.165) is 5.56 Å². The lowest BCUT2D eigenvalue weighted by molar-refractivity contribution is 0.103. The maximum Gasteiger partial charge on any atom is 0.212 e. The second kappa shape index (κ2) is 3.72. The summed E-state index contributed by atoms with van der Waals surface area (Å²) in [7, 11) is 0. The highest BCUT2D eigenvalue weighted by atomic mass is 32.1. The van der Waals surface area contributed by atoms with E-state index in [1.54, 1.807) is 11.4 Å². The van der Waals surface area contributed by atoms with E-state index in [-0.39, 0.29) is 5.78 Å². The summed E-state index contributed by atoms with van der Waals surface area (Å²) in [5.41, 5.74) is 2.38. The van der Waals surface area contributed by atoms with E-state index in [1.807, 2.05) is 31.2 Å². The summed E-state index contributed by atoms with van der Waals surface area (Å²) in [6.45, 7) is 2.00. The van der Waals surface area contributed by atoms with Gasteiger partial charge >= 0.3 is 0 Å². The van der Waals surface area contributed by atoms with Crippen LogP contribution < -0.4 is 0 Å². The summed E-state index contributed by atoms with van der Waals surface area (Å²) in [5, 5.41) is 1.81. The largest absolute Gasteiger partial charge is 0.287 e. The number of ketones is 1. The fourth-order valence-corrected chi connectivity index (χ4v) is 1.69. The molecule has 0 spiro atoms. The predicted molar refractivity (Wildman–Crippen MR) is 56.7 cm³/mol. The second-order valence-corrected chi connectivity index (χ2v) is 3.75. The molecule has 14 heavy (non-hydrogen) atoms. The standard InChI is InChI=1S/C11H9NOS/c1-8-2-4-9(5-3-8)11(13)10-6-7-14-12-10/h2-7H,1H3. The number of carbonyl (C=O) groups is 1. The van der Waals surface area contributed by atoms with E-state index in [0.29, 0.717) is 11.3 Å². The van der Waals surface area contributed by atoms with Crippen LogP contribution in [-0.4, -0.2) is 10.2 Å². The molecule has 0 N–H and O–H groups in total. The van der Waals surface area contributed by atoms with Crippen molar-refractivity contribution < 1.29 is 4.79 Å². The Hall–Kier alpha value is -1.48. The van der Waals surface area contributed by atoms with Crippen LogP contribution >= 0.6 is 11.5 Å². The van der Waals surface area contributed by atoms with Gasteiger partial charge in [-0.15, -0.1) is 0 Å². The van der Waals surface area contributed by atoms with Crippen molar-refractivity contribution in [3.63, 3.8) is 0 Å². The summed E-state index contributed by atoms with van der Waals surface area (Å²) in [4.78, 5) is 11.8. The van der Waals surface area contributed by atoms with Crippen LogP contribution in [0.25, 0.3) is 0 Å². The van der Waals surface area contributed by atoms with Crippen molar-refractivity contribution >= 4 is 17.3 Å². The van der Waals surface area contributed by atoms with Gasteiger partial charge in [-0.05, 0) is 24.5 Å². The van der Waals surface area contributed by atoms with Gasteiger partial charge in [-0.2, -0.15) is 4.37 Å². The first kappa shape index (κ1) is 9.09. The number of benzene rings is 1. The normalized spacial score (nSPS) is 10.1. The van der Waals surface area contributed by atoms with Crippen LogP contribution in [0.2, 0.25) is 0 Å². The average molecular weight is 203 g/mol. The molecule has 0 amide bonds. The minimum atomic E-state index is -0.00810. The molecule has 0 atom stereocenters. The highest BCUT2D eigenvalue weighted by Crippen LogP contribution is 2.10. The number of hydrogen-bond donors (Lipinski definition) is 0. The Bertz CT molecular complexity index is 431. The number of rotatable bonds is 2.